The number of benzene rings is 1. The van der Waals surface area contributed by atoms with Crippen molar-refractivity contribution in [3.8, 4) is 0 Å². The average molecular weight is 357 g/mol. The summed E-state index contributed by atoms with van der Waals surface area (Å²) in [5, 5.41) is 2.97. The van der Waals surface area contributed by atoms with Crippen molar-refractivity contribution in [1.82, 2.24) is 20.2 Å². The van der Waals surface area contributed by atoms with Gasteiger partial charge in [0.1, 0.15) is 17.5 Å². The topological polar surface area (TPSA) is 61.4 Å². The Morgan fingerprint density at radius 1 is 1.23 bits per heavy atom. The first-order valence-electron chi connectivity index (χ1n) is 8.86. The van der Waals surface area contributed by atoms with Crippen LogP contribution in [0.25, 0.3) is 0 Å². The Bertz CT molecular complexity index is 761. The number of urea groups is 1. The Labute approximate surface area is 153 Å². The molecule has 138 valence electrons. The number of hydrogen-bond donors (Lipinski definition) is 1. The van der Waals surface area contributed by atoms with Gasteiger partial charge in [-0.2, -0.15) is 0 Å². The van der Waals surface area contributed by atoms with Gasteiger partial charge in [0.05, 0.1) is 0 Å². The maximum atomic E-state index is 13.7. The molecule has 7 heteroatoms. The average Bonchev–Trinajstić information content (AvgIpc) is 2.64. The van der Waals surface area contributed by atoms with Crippen LogP contribution in [0.15, 0.2) is 36.5 Å². The number of nitrogens with one attached hydrogen (secondary N) is 1. The summed E-state index contributed by atoms with van der Waals surface area (Å²) < 4.78 is 13.7. The van der Waals surface area contributed by atoms with E-state index in [-0.39, 0.29) is 17.9 Å². The molecule has 3 rings (SSSR count). The molecule has 1 aliphatic heterocycles. The van der Waals surface area contributed by atoms with Gasteiger partial charge in [0.25, 0.3) is 0 Å². The van der Waals surface area contributed by atoms with E-state index >= 15 is 0 Å². The lowest BCUT2D eigenvalue weighted by atomic mass is 10.1. The van der Waals surface area contributed by atoms with Gasteiger partial charge in [0.15, 0.2) is 0 Å². The van der Waals surface area contributed by atoms with Crippen LogP contribution < -0.4 is 10.2 Å². The smallest absolute Gasteiger partial charge is 0.317 e. The van der Waals surface area contributed by atoms with E-state index in [0.717, 1.165) is 24.7 Å². The van der Waals surface area contributed by atoms with Gasteiger partial charge >= 0.3 is 6.03 Å². The van der Waals surface area contributed by atoms with Crippen LogP contribution >= 0.6 is 0 Å². The molecule has 1 aromatic carbocycles. The van der Waals surface area contributed by atoms with Gasteiger partial charge in [-0.1, -0.05) is 18.2 Å². The summed E-state index contributed by atoms with van der Waals surface area (Å²) in [6.07, 6.45) is 2.22. The second kappa shape index (κ2) is 8.12. The maximum absolute atomic E-state index is 13.7. The first-order valence-corrected chi connectivity index (χ1v) is 8.86. The fraction of sp³-hybridized carbons (Fsp3) is 0.421. The van der Waals surface area contributed by atoms with E-state index in [9.17, 15) is 9.18 Å². The molecule has 0 saturated carbocycles. The van der Waals surface area contributed by atoms with E-state index in [1.54, 1.807) is 29.3 Å². The highest BCUT2D eigenvalue weighted by Gasteiger charge is 2.23. The molecule has 0 spiro atoms. The lowest BCUT2D eigenvalue weighted by Gasteiger charge is -2.36. The van der Waals surface area contributed by atoms with Crippen molar-refractivity contribution >= 4 is 11.8 Å². The number of halogens is 1. The highest BCUT2D eigenvalue weighted by molar-refractivity contribution is 5.74. The minimum Gasteiger partial charge on any atom is -0.353 e. The third-order valence-electron chi connectivity index (χ3n) is 4.51. The number of carbonyl (C=O) groups excluding carboxylic acids is 1. The van der Waals surface area contributed by atoms with E-state index in [1.165, 1.54) is 6.07 Å². The second-order valence-electron chi connectivity index (χ2n) is 6.58. The molecule has 1 aromatic heterocycles. The zero-order valence-corrected chi connectivity index (χ0v) is 15.2. The van der Waals surface area contributed by atoms with Gasteiger partial charge in [-0.05, 0) is 38.0 Å². The molecule has 0 aliphatic carbocycles. The summed E-state index contributed by atoms with van der Waals surface area (Å²) in [5.41, 5.74) is 0.615. The predicted octanol–water partition coefficient (Wildman–Crippen LogP) is 2.39. The molecule has 0 radical (unpaired) electrons. The van der Waals surface area contributed by atoms with Crippen molar-refractivity contribution in [2.45, 2.75) is 26.3 Å². The van der Waals surface area contributed by atoms with Crippen molar-refractivity contribution in [2.75, 3.05) is 31.1 Å². The van der Waals surface area contributed by atoms with Crippen molar-refractivity contribution in [1.29, 1.82) is 0 Å². The molecule has 1 N–H and O–H groups in total. The summed E-state index contributed by atoms with van der Waals surface area (Å²) >= 11 is 0. The molecule has 1 unspecified atom stereocenters. The van der Waals surface area contributed by atoms with Crippen molar-refractivity contribution in [3.05, 3.63) is 53.7 Å². The highest BCUT2D eigenvalue weighted by Crippen LogP contribution is 2.14. The minimum atomic E-state index is -0.234. The Kier molecular flexibility index (Phi) is 5.65. The SMILES string of the molecule is Cc1nccc(N2CCN(C(=O)NC(C)Cc3ccccc3F)CC2)n1. The summed E-state index contributed by atoms with van der Waals surface area (Å²) in [6.45, 7) is 6.47. The number of piperazine rings is 1. The molecule has 1 fully saturated rings. The van der Waals surface area contributed by atoms with Crippen LogP contribution in [0.3, 0.4) is 0 Å². The first kappa shape index (κ1) is 18.1. The van der Waals surface area contributed by atoms with Crippen molar-refractivity contribution in [2.24, 2.45) is 0 Å². The number of anilines is 1. The number of amides is 2. The quantitative estimate of drug-likeness (QED) is 0.913. The summed E-state index contributed by atoms with van der Waals surface area (Å²) in [6, 6.07) is 8.31. The standard InChI is InChI=1S/C19H24FN5O/c1-14(13-16-5-3-4-6-17(16)20)22-19(26)25-11-9-24(10-12-25)18-7-8-21-15(2)23-18/h3-8,14H,9-13H2,1-2H3,(H,22,26). The van der Waals surface area contributed by atoms with Crippen LogP contribution in [-0.4, -0.2) is 53.1 Å². The van der Waals surface area contributed by atoms with E-state index in [4.69, 9.17) is 0 Å². The molecule has 2 aromatic rings. The molecule has 1 aliphatic rings. The molecule has 6 nitrogen and oxygen atoms in total. The monoisotopic (exact) mass is 357 g/mol. The van der Waals surface area contributed by atoms with Crippen molar-refractivity contribution < 1.29 is 9.18 Å². The van der Waals surface area contributed by atoms with Gasteiger partial charge < -0.3 is 15.1 Å². The second-order valence-corrected chi connectivity index (χ2v) is 6.58. The summed E-state index contributed by atoms with van der Waals surface area (Å²) in [5.74, 6) is 1.40. The largest absolute Gasteiger partial charge is 0.353 e. The van der Waals surface area contributed by atoms with Gasteiger partial charge in [0.2, 0.25) is 0 Å². The van der Waals surface area contributed by atoms with E-state index in [2.05, 4.69) is 20.2 Å². The maximum Gasteiger partial charge on any atom is 0.317 e. The first-order chi connectivity index (χ1) is 12.5. The Morgan fingerprint density at radius 2 is 1.96 bits per heavy atom. The molecule has 2 amide bonds. The number of rotatable bonds is 4. The number of carbonyl (C=O) groups is 1. The molecule has 1 atom stereocenters. The van der Waals surface area contributed by atoms with Crippen LogP contribution in [0, 0.1) is 12.7 Å². The third kappa shape index (κ3) is 4.47. The Hall–Kier alpha value is -2.70. The fourth-order valence-corrected chi connectivity index (χ4v) is 3.11. The molecular weight excluding hydrogens is 333 g/mol. The third-order valence-corrected chi connectivity index (χ3v) is 4.51. The number of nitrogens with zero attached hydrogens (tertiary/aromatic N) is 4. The van der Waals surface area contributed by atoms with E-state index in [0.29, 0.717) is 25.1 Å². The zero-order valence-electron chi connectivity index (χ0n) is 15.2. The molecule has 2 heterocycles. The molecule has 0 bridgehead atoms. The molecular formula is C19H24FN5O. The molecule has 1 saturated heterocycles. The van der Waals surface area contributed by atoms with Crippen LogP contribution in [-0.2, 0) is 6.42 Å². The normalized spacial score (nSPS) is 15.7. The summed E-state index contributed by atoms with van der Waals surface area (Å²) in [4.78, 5) is 24.9. The van der Waals surface area contributed by atoms with Crippen LogP contribution in [0.2, 0.25) is 0 Å². The van der Waals surface area contributed by atoms with Gasteiger partial charge in [-0.15, -0.1) is 0 Å². The minimum absolute atomic E-state index is 0.104. The van der Waals surface area contributed by atoms with E-state index < -0.39 is 0 Å². The lowest BCUT2D eigenvalue weighted by molar-refractivity contribution is 0.191. The highest BCUT2D eigenvalue weighted by atomic mass is 19.1. The predicted molar refractivity (Wildman–Crippen MR) is 98.7 cm³/mol. The Morgan fingerprint density at radius 3 is 2.65 bits per heavy atom. The number of hydrogen-bond acceptors (Lipinski definition) is 4. The van der Waals surface area contributed by atoms with Gasteiger partial charge in [0, 0.05) is 38.4 Å². The molecule has 26 heavy (non-hydrogen) atoms. The van der Waals surface area contributed by atoms with Crippen LogP contribution in [0.1, 0.15) is 18.3 Å². The van der Waals surface area contributed by atoms with Gasteiger partial charge in [-0.3, -0.25) is 0 Å². The lowest BCUT2D eigenvalue weighted by Crippen LogP contribution is -2.53. The Balaban J connectivity index is 1.50. The van der Waals surface area contributed by atoms with Gasteiger partial charge in [-0.25, -0.2) is 19.2 Å². The zero-order chi connectivity index (χ0) is 18.5. The van der Waals surface area contributed by atoms with E-state index in [1.807, 2.05) is 19.9 Å². The fourth-order valence-electron chi connectivity index (χ4n) is 3.11. The van der Waals surface area contributed by atoms with Crippen molar-refractivity contribution in [3.63, 3.8) is 0 Å². The summed E-state index contributed by atoms with van der Waals surface area (Å²) in [7, 11) is 0. The number of aryl methyl sites for hydroxylation is 1. The van der Waals surface area contributed by atoms with Crippen LogP contribution in [0.4, 0.5) is 15.0 Å². The number of aromatic nitrogens is 2. The van der Waals surface area contributed by atoms with Crippen LogP contribution in [0.5, 0.6) is 0 Å².